The predicted octanol–water partition coefficient (Wildman–Crippen LogP) is 3.77. The molecule has 1 aromatic carbocycles. The maximum atomic E-state index is 13.4. The summed E-state index contributed by atoms with van der Waals surface area (Å²) < 4.78 is 14.9. The first-order valence-electron chi connectivity index (χ1n) is 8.57. The lowest BCUT2D eigenvalue weighted by Gasteiger charge is -2.36. The molecule has 0 saturated carbocycles. The number of fused-ring (bicyclic) bond motifs is 1. The molecule has 2 aromatic heterocycles. The van der Waals surface area contributed by atoms with Crippen molar-refractivity contribution in [2.24, 2.45) is 5.92 Å². The highest BCUT2D eigenvalue weighted by Crippen LogP contribution is 2.41. The summed E-state index contributed by atoms with van der Waals surface area (Å²) in [7, 11) is 0. The van der Waals surface area contributed by atoms with Gasteiger partial charge in [0.2, 0.25) is 10.8 Å². The highest BCUT2D eigenvalue weighted by Gasteiger charge is 2.31. The van der Waals surface area contributed by atoms with Crippen molar-refractivity contribution in [2.45, 2.75) is 32.7 Å². The molecular weight excluding hydrogens is 339 g/mol. The Labute approximate surface area is 149 Å². The molecule has 5 nitrogen and oxygen atoms in total. The highest BCUT2D eigenvalue weighted by molar-refractivity contribution is 7.17. The van der Waals surface area contributed by atoms with Gasteiger partial charge in [0, 0.05) is 0 Å². The maximum absolute atomic E-state index is 13.4. The van der Waals surface area contributed by atoms with Crippen LogP contribution in [0.5, 0.6) is 5.88 Å². The predicted molar refractivity (Wildman–Crippen MR) is 95.5 cm³/mol. The van der Waals surface area contributed by atoms with E-state index in [4.69, 9.17) is 0 Å². The summed E-state index contributed by atoms with van der Waals surface area (Å²) in [6.07, 6.45) is 2.25. The van der Waals surface area contributed by atoms with E-state index in [1.807, 2.05) is 6.92 Å². The molecule has 25 heavy (non-hydrogen) atoms. The number of rotatable bonds is 3. The molecular formula is C18H21FN4OS. The first-order chi connectivity index (χ1) is 12.0. The minimum absolute atomic E-state index is 0.109. The third-order valence-electron chi connectivity index (χ3n) is 4.92. The van der Waals surface area contributed by atoms with Gasteiger partial charge in [-0.2, -0.15) is 4.52 Å². The number of likely N-dealkylation sites (tertiary alicyclic amines) is 1. The van der Waals surface area contributed by atoms with Crippen LogP contribution < -0.4 is 0 Å². The van der Waals surface area contributed by atoms with Gasteiger partial charge in [-0.15, -0.1) is 5.10 Å². The molecule has 0 unspecified atom stereocenters. The summed E-state index contributed by atoms with van der Waals surface area (Å²) >= 11 is 1.45. The summed E-state index contributed by atoms with van der Waals surface area (Å²) in [5.41, 5.74) is 0.979. The van der Waals surface area contributed by atoms with Crippen LogP contribution in [0.4, 0.5) is 4.39 Å². The Hall–Kier alpha value is -1.99. The van der Waals surface area contributed by atoms with Gasteiger partial charge in [0.25, 0.3) is 0 Å². The average Bonchev–Trinajstić information content (AvgIpc) is 3.09. The zero-order chi connectivity index (χ0) is 17.6. The molecule has 0 radical (unpaired) electrons. The van der Waals surface area contributed by atoms with Crippen LogP contribution in [0.2, 0.25) is 0 Å². The Kier molecular flexibility index (Phi) is 4.21. The fraction of sp³-hybridized carbons (Fsp3) is 0.444. The van der Waals surface area contributed by atoms with Crippen LogP contribution in [0.3, 0.4) is 0 Å². The fourth-order valence-electron chi connectivity index (χ4n) is 3.49. The van der Waals surface area contributed by atoms with E-state index in [9.17, 15) is 9.50 Å². The fourth-order valence-corrected chi connectivity index (χ4v) is 4.65. The van der Waals surface area contributed by atoms with Gasteiger partial charge in [-0.1, -0.05) is 30.4 Å². The van der Waals surface area contributed by atoms with Gasteiger partial charge in [0.1, 0.15) is 11.6 Å². The number of hydrogen-bond acceptors (Lipinski definition) is 5. The van der Waals surface area contributed by atoms with Crippen LogP contribution in [-0.4, -0.2) is 37.7 Å². The van der Waals surface area contributed by atoms with Crippen molar-refractivity contribution >= 4 is 16.3 Å². The standard InChI is InChI=1S/C18H21FN4OS/c1-11-7-9-22(10-8-11)15(13-3-5-14(19)6-4-13)16-17(24)23-18(25-16)20-12(2)21-23/h3-6,11,15,24H,7-10H2,1-2H3/t15-/m0/s1. The molecule has 1 N–H and O–H groups in total. The van der Waals surface area contributed by atoms with Crippen molar-refractivity contribution < 1.29 is 9.50 Å². The first-order valence-corrected chi connectivity index (χ1v) is 9.39. The lowest BCUT2D eigenvalue weighted by atomic mass is 9.95. The second-order valence-corrected chi connectivity index (χ2v) is 7.82. The van der Waals surface area contributed by atoms with Gasteiger partial charge < -0.3 is 5.11 Å². The van der Waals surface area contributed by atoms with Gasteiger partial charge in [-0.25, -0.2) is 9.37 Å². The van der Waals surface area contributed by atoms with Crippen molar-refractivity contribution in [2.75, 3.05) is 13.1 Å². The average molecular weight is 360 g/mol. The van der Waals surface area contributed by atoms with E-state index in [1.165, 1.54) is 28.0 Å². The number of aromatic hydroxyl groups is 1. The Morgan fingerprint density at radius 2 is 1.92 bits per heavy atom. The van der Waals surface area contributed by atoms with Gasteiger partial charge in [-0.3, -0.25) is 4.90 Å². The van der Waals surface area contributed by atoms with E-state index in [0.717, 1.165) is 36.4 Å². The summed E-state index contributed by atoms with van der Waals surface area (Å²) in [5.74, 6) is 1.23. The molecule has 3 heterocycles. The second-order valence-electron chi connectivity index (χ2n) is 6.82. The molecule has 0 bridgehead atoms. The van der Waals surface area contributed by atoms with Crippen LogP contribution in [0.25, 0.3) is 4.96 Å². The minimum atomic E-state index is -0.253. The molecule has 0 spiro atoms. The van der Waals surface area contributed by atoms with Gasteiger partial charge in [0.15, 0.2) is 0 Å². The third kappa shape index (κ3) is 3.02. The summed E-state index contributed by atoms with van der Waals surface area (Å²) in [5, 5.41) is 15.0. The van der Waals surface area contributed by atoms with E-state index in [0.29, 0.717) is 16.7 Å². The topological polar surface area (TPSA) is 53.7 Å². The van der Waals surface area contributed by atoms with Crippen molar-refractivity contribution in [3.05, 3.63) is 46.3 Å². The normalized spacial score (nSPS) is 18.0. The molecule has 7 heteroatoms. The molecule has 1 atom stereocenters. The van der Waals surface area contributed by atoms with Crippen LogP contribution in [0, 0.1) is 18.7 Å². The quantitative estimate of drug-likeness (QED) is 0.773. The Morgan fingerprint density at radius 1 is 1.24 bits per heavy atom. The maximum Gasteiger partial charge on any atom is 0.230 e. The van der Waals surface area contributed by atoms with Gasteiger partial charge >= 0.3 is 0 Å². The Balaban J connectivity index is 1.79. The molecule has 3 aromatic rings. The van der Waals surface area contributed by atoms with Gasteiger partial charge in [-0.05, 0) is 56.5 Å². The number of aryl methyl sites for hydroxylation is 1. The number of hydrogen-bond donors (Lipinski definition) is 1. The zero-order valence-corrected chi connectivity index (χ0v) is 15.1. The van der Waals surface area contributed by atoms with Crippen molar-refractivity contribution in [3.63, 3.8) is 0 Å². The van der Waals surface area contributed by atoms with E-state index >= 15 is 0 Å². The summed E-state index contributed by atoms with van der Waals surface area (Å²) in [6, 6.07) is 6.46. The van der Waals surface area contributed by atoms with Crippen molar-refractivity contribution in [1.29, 1.82) is 0 Å². The second kappa shape index (κ2) is 6.38. The minimum Gasteiger partial charge on any atom is -0.492 e. The van der Waals surface area contributed by atoms with Crippen molar-refractivity contribution in [1.82, 2.24) is 19.5 Å². The molecule has 1 aliphatic heterocycles. The Morgan fingerprint density at radius 3 is 2.56 bits per heavy atom. The summed E-state index contributed by atoms with van der Waals surface area (Å²) in [6.45, 7) is 5.99. The molecule has 1 fully saturated rings. The van der Waals surface area contributed by atoms with Crippen LogP contribution in [0.1, 0.15) is 42.1 Å². The SMILES string of the molecule is Cc1nc2sc([C@H](c3ccc(F)cc3)N3CCC(C)CC3)c(O)n2n1. The molecule has 1 aliphatic rings. The van der Waals surface area contributed by atoms with E-state index < -0.39 is 0 Å². The number of piperidine rings is 1. The highest BCUT2D eigenvalue weighted by atomic mass is 32.1. The zero-order valence-electron chi connectivity index (χ0n) is 14.3. The molecule has 4 rings (SSSR count). The van der Waals surface area contributed by atoms with Crippen LogP contribution in [-0.2, 0) is 0 Å². The molecule has 0 aliphatic carbocycles. The number of thiazole rings is 1. The van der Waals surface area contributed by atoms with E-state index in [-0.39, 0.29) is 17.7 Å². The first kappa shape index (κ1) is 16.5. The van der Waals surface area contributed by atoms with Crippen molar-refractivity contribution in [3.8, 4) is 5.88 Å². The van der Waals surface area contributed by atoms with Gasteiger partial charge in [0.05, 0.1) is 10.9 Å². The van der Waals surface area contributed by atoms with Crippen LogP contribution in [0.15, 0.2) is 24.3 Å². The van der Waals surface area contributed by atoms with E-state index in [1.54, 1.807) is 12.1 Å². The number of aromatic nitrogens is 3. The number of halogens is 1. The number of benzene rings is 1. The largest absolute Gasteiger partial charge is 0.492 e. The monoisotopic (exact) mass is 360 g/mol. The molecule has 132 valence electrons. The lowest BCUT2D eigenvalue weighted by molar-refractivity contribution is 0.157. The number of nitrogens with zero attached hydrogens (tertiary/aromatic N) is 4. The summed E-state index contributed by atoms with van der Waals surface area (Å²) in [4.78, 5) is 8.24. The third-order valence-corrected chi connectivity index (χ3v) is 6.00. The van der Waals surface area contributed by atoms with E-state index in [2.05, 4.69) is 21.9 Å². The lowest BCUT2D eigenvalue weighted by Crippen LogP contribution is -2.36. The van der Waals surface area contributed by atoms with Crippen LogP contribution >= 0.6 is 11.3 Å². The Bertz CT molecular complexity index is 881. The molecule has 0 amide bonds. The smallest absolute Gasteiger partial charge is 0.230 e. The molecule has 1 saturated heterocycles.